The van der Waals surface area contributed by atoms with Crippen LogP contribution < -0.4 is 5.32 Å². The Morgan fingerprint density at radius 2 is 1.96 bits per heavy atom. The Labute approximate surface area is 164 Å². The lowest BCUT2D eigenvalue weighted by Crippen LogP contribution is -2.53. The SMILES string of the molecule is CNc1cc(C(=O)N2CCOC(C(=O)N3CCc4ccccc4C3)C2)ccn1. The van der Waals surface area contributed by atoms with Crippen molar-refractivity contribution >= 4 is 17.6 Å². The van der Waals surface area contributed by atoms with Crippen LogP contribution in [0.25, 0.3) is 0 Å². The van der Waals surface area contributed by atoms with Gasteiger partial charge in [0.15, 0.2) is 6.10 Å². The van der Waals surface area contributed by atoms with E-state index in [0.717, 1.165) is 6.42 Å². The van der Waals surface area contributed by atoms with E-state index in [9.17, 15) is 9.59 Å². The van der Waals surface area contributed by atoms with E-state index in [2.05, 4.69) is 22.4 Å². The molecule has 0 bridgehead atoms. The molecular weight excluding hydrogens is 356 g/mol. The Morgan fingerprint density at radius 1 is 1.14 bits per heavy atom. The summed E-state index contributed by atoms with van der Waals surface area (Å²) in [6, 6.07) is 11.6. The Balaban J connectivity index is 1.43. The molecule has 3 heterocycles. The van der Waals surface area contributed by atoms with Gasteiger partial charge in [0.25, 0.3) is 11.8 Å². The first-order valence-electron chi connectivity index (χ1n) is 9.56. The van der Waals surface area contributed by atoms with Crippen molar-refractivity contribution in [2.75, 3.05) is 38.6 Å². The van der Waals surface area contributed by atoms with Gasteiger partial charge in [0.1, 0.15) is 5.82 Å². The highest BCUT2D eigenvalue weighted by Crippen LogP contribution is 2.21. The van der Waals surface area contributed by atoms with Crippen molar-refractivity contribution in [3.8, 4) is 0 Å². The molecule has 1 saturated heterocycles. The lowest BCUT2D eigenvalue weighted by molar-refractivity contribution is -0.149. The van der Waals surface area contributed by atoms with E-state index in [1.54, 1.807) is 30.3 Å². The molecule has 0 aliphatic carbocycles. The van der Waals surface area contributed by atoms with Crippen molar-refractivity contribution in [2.24, 2.45) is 0 Å². The van der Waals surface area contributed by atoms with Gasteiger partial charge in [0.05, 0.1) is 13.2 Å². The third-order valence-corrected chi connectivity index (χ3v) is 5.33. The second-order valence-electron chi connectivity index (χ2n) is 7.07. The van der Waals surface area contributed by atoms with Crippen molar-refractivity contribution in [3.05, 3.63) is 59.3 Å². The normalized spacial score (nSPS) is 19.1. The molecule has 2 aromatic rings. The topological polar surface area (TPSA) is 74.8 Å². The van der Waals surface area contributed by atoms with Gasteiger partial charge in [-0.05, 0) is 29.7 Å². The van der Waals surface area contributed by atoms with Crippen molar-refractivity contribution in [3.63, 3.8) is 0 Å². The van der Waals surface area contributed by atoms with Gasteiger partial charge in [0.2, 0.25) is 0 Å². The number of aromatic nitrogens is 1. The maximum absolute atomic E-state index is 13.0. The number of nitrogens with one attached hydrogen (secondary N) is 1. The molecule has 2 aliphatic heterocycles. The number of anilines is 1. The Kier molecular flexibility index (Phi) is 5.25. The van der Waals surface area contributed by atoms with Gasteiger partial charge in [-0.15, -0.1) is 0 Å². The third-order valence-electron chi connectivity index (χ3n) is 5.33. The van der Waals surface area contributed by atoms with Crippen LogP contribution in [0.1, 0.15) is 21.5 Å². The molecule has 2 amide bonds. The van der Waals surface area contributed by atoms with Crippen molar-refractivity contribution in [2.45, 2.75) is 19.1 Å². The van der Waals surface area contributed by atoms with Gasteiger partial charge in [-0.2, -0.15) is 0 Å². The molecule has 1 unspecified atom stereocenters. The Morgan fingerprint density at radius 3 is 2.79 bits per heavy atom. The number of carbonyl (C=O) groups excluding carboxylic acids is 2. The number of amides is 2. The molecule has 7 heteroatoms. The Bertz CT molecular complexity index is 885. The number of carbonyl (C=O) groups is 2. The zero-order valence-electron chi connectivity index (χ0n) is 15.9. The molecule has 0 spiro atoms. The van der Waals surface area contributed by atoms with Gasteiger partial charge in [0, 0.05) is 38.4 Å². The van der Waals surface area contributed by atoms with Crippen LogP contribution in [-0.2, 0) is 22.5 Å². The predicted molar refractivity (Wildman–Crippen MR) is 105 cm³/mol. The number of pyridine rings is 1. The predicted octanol–water partition coefficient (Wildman–Crippen LogP) is 1.55. The van der Waals surface area contributed by atoms with E-state index in [1.807, 2.05) is 17.0 Å². The van der Waals surface area contributed by atoms with E-state index >= 15 is 0 Å². The fourth-order valence-electron chi connectivity index (χ4n) is 3.75. The van der Waals surface area contributed by atoms with E-state index < -0.39 is 6.10 Å². The van der Waals surface area contributed by atoms with Gasteiger partial charge < -0.3 is 19.9 Å². The molecule has 1 atom stereocenters. The van der Waals surface area contributed by atoms with Gasteiger partial charge in [-0.1, -0.05) is 24.3 Å². The number of morpholine rings is 1. The van der Waals surface area contributed by atoms with E-state index in [0.29, 0.717) is 37.6 Å². The molecule has 146 valence electrons. The second-order valence-corrected chi connectivity index (χ2v) is 7.07. The monoisotopic (exact) mass is 380 g/mol. The summed E-state index contributed by atoms with van der Waals surface area (Å²) in [7, 11) is 1.76. The zero-order chi connectivity index (χ0) is 19.5. The molecule has 1 aromatic heterocycles. The zero-order valence-corrected chi connectivity index (χ0v) is 15.9. The second kappa shape index (κ2) is 7.98. The van der Waals surface area contributed by atoms with Crippen molar-refractivity contribution < 1.29 is 14.3 Å². The van der Waals surface area contributed by atoms with Crippen LogP contribution in [-0.4, -0.2) is 66.0 Å². The molecule has 28 heavy (non-hydrogen) atoms. The van der Waals surface area contributed by atoms with Crippen LogP contribution in [0.4, 0.5) is 5.82 Å². The Hall–Kier alpha value is -2.93. The first-order valence-corrected chi connectivity index (χ1v) is 9.56. The quantitative estimate of drug-likeness (QED) is 0.875. The van der Waals surface area contributed by atoms with Crippen LogP contribution in [0.3, 0.4) is 0 Å². The number of hydrogen-bond acceptors (Lipinski definition) is 5. The van der Waals surface area contributed by atoms with Gasteiger partial charge in [-0.25, -0.2) is 4.98 Å². The van der Waals surface area contributed by atoms with Crippen molar-refractivity contribution in [1.29, 1.82) is 0 Å². The fourth-order valence-corrected chi connectivity index (χ4v) is 3.75. The maximum Gasteiger partial charge on any atom is 0.254 e. The molecule has 4 rings (SSSR count). The third kappa shape index (κ3) is 3.71. The van der Waals surface area contributed by atoms with E-state index in [1.165, 1.54) is 11.1 Å². The number of fused-ring (bicyclic) bond motifs is 1. The van der Waals surface area contributed by atoms with Crippen LogP contribution in [0.15, 0.2) is 42.6 Å². The van der Waals surface area contributed by atoms with Gasteiger partial charge in [-0.3, -0.25) is 9.59 Å². The first kappa shape index (κ1) is 18.4. The number of hydrogen-bond donors (Lipinski definition) is 1. The molecule has 0 radical (unpaired) electrons. The molecule has 7 nitrogen and oxygen atoms in total. The number of ether oxygens (including phenoxy) is 1. The summed E-state index contributed by atoms with van der Waals surface area (Å²) in [5, 5.41) is 2.94. The number of rotatable bonds is 3. The standard InChI is InChI=1S/C21H24N4O3/c1-22-19-12-16(6-8-23-19)20(26)25-10-11-28-18(14-25)21(27)24-9-7-15-4-2-3-5-17(15)13-24/h2-6,8,12,18H,7,9-11,13-14H2,1H3,(H,22,23). The van der Waals surface area contributed by atoms with Crippen molar-refractivity contribution in [1.82, 2.24) is 14.8 Å². The average Bonchev–Trinajstić information content (AvgIpc) is 2.77. The van der Waals surface area contributed by atoms with E-state index in [-0.39, 0.29) is 18.4 Å². The lowest BCUT2D eigenvalue weighted by atomic mass is 9.99. The van der Waals surface area contributed by atoms with Crippen LogP contribution in [0, 0.1) is 0 Å². The minimum Gasteiger partial charge on any atom is -0.373 e. The molecule has 2 aliphatic rings. The van der Waals surface area contributed by atoms with Crippen LogP contribution >= 0.6 is 0 Å². The molecule has 0 saturated carbocycles. The highest BCUT2D eigenvalue weighted by Gasteiger charge is 2.33. The summed E-state index contributed by atoms with van der Waals surface area (Å²) in [4.78, 5) is 33.6. The summed E-state index contributed by atoms with van der Waals surface area (Å²) in [5.41, 5.74) is 3.03. The van der Waals surface area contributed by atoms with E-state index in [4.69, 9.17) is 4.74 Å². The summed E-state index contributed by atoms with van der Waals surface area (Å²) < 4.78 is 5.73. The summed E-state index contributed by atoms with van der Waals surface area (Å²) in [6.07, 6.45) is 1.84. The first-order chi connectivity index (χ1) is 13.7. The number of nitrogens with zero attached hydrogens (tertiary/aromatic N) is 3. The molecule has 1 aromatic carbocycles. The average molecular weight is 380 g/mol. The van der Waals surface area contributed by atoms with Crippen LogP contribution in [0.5, 0.6) is 0 Å². The van der Waals surface area contributed by atoms with Crippen LogP contribution in [0.2, 0.25) is 0 Å². The molecular formula is C21H24N4O3. The number of benzene rings is 1. The molecule has 1 fully saturated rings. The van der Waals surface area contributed by atoms with Gasteiger partial charge >= 0.3 is 0 Å². The fraction of sp³-hybridized carbons (Fsp3) is 0.381. The minimum atomic E-state index is -0.617. The maximum atomic E-state index is 13.0. The largest absolute Gasteiger partial charge is 0.373 e. The summed E-state index contributed by atoms with van der Waals surface area (Å²) in [5.74, 6) is 0.486. The minimum absolute atomic E-state index is 0.0438. The lowest BCUT2D eigenvalue weighted by Gasteiger charge is -2.36. The highest BCUT2D eigenvalue weighted by molar-refractivity contribution is 5.95. The highest BCUT2D eigenvalue weighted by atomic mass is 16.5. The summed E-state index contributed by atoms with van der Waals surface area (Å²) >= 11 is 0. The molecule has 1 N–H and O–H groups in total. The smallest absolute Gasteiger partial charge is 0.254 e. The summed E-state index contributed by atoms with van der Waals surface area (Å²) in [6.45, 7) is 2.38.